The molecule has 7 rings (SSSR count). The zero-order valence-corrected chi connectivity index (χ0v) is 27.5. The number of carbonyl (C=O) groups is 4. The third-order valence-corrected chi connectivity index (χ3v) is 12.7. The number of ether oxygens (including phenoxy) is 3. The highest BCUT2D eigenvalue weighted by Gasteiger charge is 2.76. The molecule has 2 N–H and O–H groups in total. The van der Waals surface area contributed by atoms with Gasteiger partial charge in [-0.1, -0.05) is 44.8 Å². The van der Waals surface area contributed by atoms with Gasteiger partial charge in [0, 0.05) is 35.1 Å². The first-order valence-corrected chi connectivity index (χ1v) is 17.3. The third-order valence-electron chi connectivity index (χ3n) is 12.7. The number of aromatic nitrogens is 1. The van der Waals surface area contributed by atoms with Gasteiger partial charge in [-0.15, -0.1) is 0 Å². The van der Waals surface area contributed by atoms with E-state index in [4.69, 9.17) is 14.2 Å². The smallest absolute Gasteiger partial charge is 0.328 e. The first-order chi connectivity index (χ1) is 22.5. The molecule has 10 nitrogen and oxygen atoms in total. The van der Waals surface area contributed by atoms with Crippen molar-refractivity contribution in [3.8, 4) is 0 Å². The highest BCUT2D eigenvalue weighted by molar-refractivity contribution is 6.01. The Hall–Kier alpha value is -3.21. The van der Waals surface area contributed by atoms with Crippen molar-refractivity contribution in [2.24, 2.45) is 34.5 Å². The van der Waals surface area contributed by atoms with Crippen LogP contribution in [-0.4, -0.2) is 70.3 Å². The molecule has 6 aliphatic rings. The van der Waals surface area contributed by atoms with Crippen molar-refractivity contribution in [2.45, 2.75) is 109 Å². The number of nitrogens with one attached hydrogen (secondary N) is 1. The highest BCUT2D eigenvalue weighted by Crippen LogP contribution is 2.70. The molecular formula is C37H46N2O8. The second-order valence-corrected chi connectivity index (χ2v) is 15.2. The second kappa shape index (κ2) is 12.0. The predicted molar refractivity (Wildman–Crippen MR) is 170 cm³/mol. The zero-order chi connectivity index (χ0) is 33.1. The van der Waals surface area contributed by atoms with Gasteiger partial charge < -0.3 is 24.6 Å². The van der Waals surface area contributed by atoms with Crippen LogP contribution >= 0.6 is 0 Å². The molecule has 1 amide bonds. The Bertz CT molecular complexity index is 1500. The van der Waals surface area contributed by atoms with Crippen LogP contribution in [0.5, 0.6) is 0 Å². The SMILES string of the molecule is C[C@H](NC(=O)c1cccnc1)C(=O)OCC(=O)[C@@]12O[C@H](C3CCCCC3)O[C@H]1CC1C3CCC4=CC(=O)C=C[C@]4(C)C3[C@@H](O)C[C@@]12C. The van der Waals surface area contributed by atoms with Gasteiger partial charge in [0.15, 0.2) is 24.3 Å². The topological polar surface area (TPSA) is 141 Å². The number of esters is 1. The van der Waals surface area contributed by atoms with Gasteiger partial charge in [0.05, 0.1) is 17.8 Å². The average molecular weight is 647 g/mol. The van der Waals surface area contributed by atoms with Gasteiger partial charge in [-0.25, -0.2) is 4.79 Å². The summed E-state index contributed by atoms with van der Waals surface area (Å²) >= 11 is 0. The number of hydrogen-bond donors (Lipinski definition) is 2. The van der Waals surface area contributed by atoms with Gasteiger partial charge >= 0.3 is 5.97 Å². The number of rotatable bonds is 7. The number of nitrogens with zero attached hydrogens (tertiary/aromatic N) is 1. The van der Waals surface area contributed by atoms with E-state index in [1.165, 1.54) is 19.5 Å². The van der Waals surface area contributed by atoms with E-state index < -0.39 is 59.5 Å². The maximum Gasteiger partial charge on any atom is 0.328 e. The van der Waals surface area contributed by atoms with E-state index in [-0.39, 0.29) is 35.2 Å². The molecule has 1 aliphatic heterocycles. The molecule has 1 aromatic rings. The lowest BCUT2D eigenvalue weighted by molar-refractivity contribution is -0.210. The Kier molecular flexibility index (Phi) is 8.28. The predicted octanol–water partition coefficient (Wildman–Crippen LogP) is 4.26. The summed E-state index contributed by atoms with van der Waals surface area (Å²) < 4.78 is 19.2. The van der Waals surface area contributed by atoms with Crippen molar-refractivity contribution in [3.63, 3.8) is 0 Å². The summed E-state index contributed by atoms with van der Waals surface area (Å²) in [5, 5.41) is 14.6. The minimum absolute atomic E-state index is 0.0120. The summed E-state index contributed by atoms with van der Waals surface area (Å²) in [6.07, 6.45) is 14.3. The van der Waals surface area contributed by atoms with Crippen LogP contribution in [0.3, 0.4) is 0 Å². The van der Waals surface area contributed by atoms with Crippen LogP contribution in [0, 0.1) is 34.5 Å². The van der Waals surface area contributed by atoms with E-state index in [0.29, 0.717) is 18.4 Å². The Morgan fingerprint density at radius 1 is 1.17 bits per heavy atom. The quantitative estimate of drug-likeness (QED) is 0.416. The van der Waals surface area contributed by atoms with E-state index in [2.05, 4.69) is 24.1 Å². The molecule has 0 spiro atoms. The molecule has 10 atom stereocenters. The lowest BCUT2D eigenvalue weighted by atomic mass is 9.46. The number of hydrogen-bond acceptors (Lipinski definition) is 9. The minimum Gasteiger partial charge on any atom is -0.456 e. The fraction of sp³-hybridized carbons (Fsp3) is 0.649. The fourth-order valence-corrected chi connectivity index (χ4v) is 10.4. The van der Waals surface area contributed by atoms with Gasteiger partial charge in [0.1, 0.15) is 6.04 Å². The molecule has 4 saturated carbocycles. The van der Waals surface area contributed by atoms with Crippen molar-refractivity contribution in [2.75, 3.05) is 6.61 Å². The first-order valence-electron chi connectivity index (χ1n) is 17.3. The summed E-state index contributed by atoms with van der Waals surface area (Å²) in [7, 11) is 0. The third kappa shape index (κ3) is 5.13. The van der Waals surface area contributed by atoms with Crippen molar-refractivity contribution in [3.05, 3.63) is 53.9 Å². The zero-order valence-electron chi connectivity index (χ0n) is 27.5. The average Bonchev–Trinajstić information content (AvgIpc) is 3.57. The number of pyridine rings is 1. The Balaban J connectivity index is 1.14. The van der Waals surface area contributed by atoms with Crippen molar-refractivity contribution >= 4 is 23.4 Å². The molecule has 0 aromatic carbocycles. The Morgan fingerprint density at radius 3 is 2.70 bits per heavy atom. The molecule has 252 valence electrons. The Morgan fingerprint density at radius 2 is 1.96 bits per heavy atom. The number of aliphatic hydroxyl groups is 1. The fourth-order valence-electron chi connectivity index (χ4n) is 10.4. The molecule has 3 unspecified atom stereocenters. The number of carbonyl (C=O) groups excluding carboxylic acids is 4. The first kappa shape index (κ1) is 32.3. The Labute approximate surface area is 275 Å². The molecule has 1 aromatic heterocycles. The van der Waals surface area contributed by atoms with Gasteiger partial charge in [-0.3, -0.25) is 19.4 Å². The molecule has 0 radical (unpaired) electrons. The number of amides is 1. The van der Waals surface area contributed by atoms with Gasteiger partial charge in [-0.2, -0.15) is 0 Å². The largest absolute Gasteiger partial charge is 0.456 e. The second-order valence-electron chi connectivity index (χ2n) is 15.2. The van der Waals surface area contributed by atoms with Gasteiger partial charge in [0.2, 0.25) is 5.78 Å². The molecule has 47 heavy (non-hydrogen) atoms. The number of allylic oxidation sites excluding steroid dienone is 4. The maximum atomic E-state index is 14.6. The standard InChI is InChI=1S/C37H46N2O8/c1-21(39-32(43)23-10-7-15-38-19-23)33(44)45-20-29(42)37-30(46-34(47-37)22-8-5-4-6-9-22)17-27-26-12-11-24-16-25(40)13-14-35(24,2)31(26)28(41)18-36(27,37)3/h7,10,13-16,19,21-22,26-28,30-31,34,41H,4-6,8-9,11-12,17-18,20H2,1-3H3,(H,39,43)/t21-,26?,27?,28-,30-,31?,34+,35-,36-,37+/m0/s1. The summed E-state index contributed by atoms with van der Waals surface area (Å²) in [6, 6.07) is 2.23. The lowest BCUT2D eigenvalue weighted by Crippen LogP contribution is -2.64. The summed E-state index contributed by atoms with van der Waals surface area (Å²) in [5.74, 6) is -1.38. The monoisotopic (exact) mass is 646 g/mol. The number of fused-ring (bicyclic) bond motifs is 7. The lowest BCUT2D eigenvalue weighted by Gasteiger charge is -2.59. The van der Waals surface area contributed by atoms with E-state index in [1.54, 1.807) is 30.5 Å². The van der Waals surface area contributed by atoms with Crippen molar-refractivity contribution in [1.82, 2.24) is 10.3 Å². The van der Waals surface area contributed by atoms with E-state index in [0.717, 1.165) is 44.1 Å². The maximum absolute atomic E-state index is 14.6. The van der Waals surface area contributed by atoms with Crippen molar-refractivity contribution in [1.29, 1.82) is 0 Å². The normalized spacial score (nSPS) is 39.9. The molecule has 2 heterocycles. The van der Waals surface area contributed by atoms with Crippen LogP contribution in [0.2, 0.25) is 0 Å². The van der Waals surface area contributed by atoms with Crippen LogP contribution in [0.1, 0.15) is 88.9 Å². The number of ketones is 2. The van der Waals surface area contributed by atoms with E-state index in [9.17, 15) is 24.3 Å². The van der Waals surface area contributed by atoms with Crippen LogP contribution in [0.4, 0.5) is 0 Å². The number of Topliss-reactive ketones (excluding diaryl/α,β-unsaturated/α-hetero) is 1. The van der Waals surface area contributed by atoms with Crippen molar-refractivity contribution < 1.29 is 38.5 Å². The van der Waals surface area contributed by atoms with Crippen LogP contribution < -0.4 is 5.32 Å². The summed E-state index contributed by atoms with van der Waals surface area (Å²) in [6.45, 7) is 5.18. The van der Waals surface area contributed by atoms with Crippen LogP contribution in [0.25, 0.3) is 0 Å². The summed E-state index contributed by atoms with van der Waals surface area (Å²) in [4.78, 5) is 56.5. The molecule has 0 bridgehead atoms. The van der Waals surface area contributed by atoms with Gasteiger partial charge in [-0.05, 0) is 81.6 Å². The van der Waals surface area contributed by atoms with E-state index in [1.807, 2.05) is 6.08 Å². The van der Waals surface area contributed by atoms with Crippen LogP contribution in [0.15, 0.2) is 48.3 Å². The summed E-state index contributed by atoms with van der Waals surface area (Å²) in [5.41, 5.74) is -1.21. The molecule has 10 heteroatoms. The van der Waals surface area contributed by atoms with Crippen LogP contribution in [-0.2, 0) is 28.6 Å². The molecule has 5 aliphatic carbocycles. The number of aliphatic hydroxyl groups excluding tert-OH is 1. The molecule has 1 saturated heterocycles. The minimum atomic E-state index is -1.39. The molecule has 5 fully saturated rings. The molecular weight excluding hydrogens is 600 g/mol. The highest BCUT2D eigenvalue weighted by atomic mass is 16.7. The van der Waals surface area contributed by atoms with E-state index >= 15 is 0 Å². The van der Waals surface area contributed by atoms with Gasteiger partial charge in [0.25, 0.3) is 5.91 Å².